The molecule has 0 aliphatic carbocycles. The third kappa shape index (κ3) is 4.75. The number of anilines is 1. The van der Waals surface area contributed by atoms with Gasteiger partial charge < -0.3 is 0 Å². The Morgan fingerprint density at radius 2 is 1.52 bits per heavy atom. The SMILES string of the molecule is Cc1ccc(C(=N/Nc2ccccc2)/N=N/c2ccccc2Cl)cc1. The molecule has 3 aromatic rings. The fraction of sp³-hybridized carbons (Fsp3) is 0.0500. The molecule has 0 aliphatic heterocycles. The van der Waals surface area contributed by atoms with Crippen molar-refractivity contribution in [3.63, 3.8) is 0 Å². The van der Waals surface area contributed by atoms with Gasteiger partial charge in [0, 0.05) is 5.56 Å². The van der Waals surface area contributed by atoms with E-state index in [0.29, 0.717) is 16.5 Å². The number of benzene rings is 3. The molecule has 3 rings (SSSR count). The summed E-state index contributed by atoms with van der Waals surface area (Å²) in [6.07, 6.45) is 0. The molecule has 0 aromatic heterocycles. The van der Waals surface area contributed by atoms with Crippen LogP contribution in [0.4, 0.5) is 11.4 Å². The number of hydrogen-bond donors (Lipinski definition) is 1. The van der Waals surface area contributed by atoms with Crippen LogP contribution in [0.15, 0.2) is 94.2 Å². The normalized spacial score (nSPS) is 11.7. The first kappa shape index (κ1) is 16.9. The maximum Gasteiger partial charge on any atom is 0.201 e. The van der Waals surface area contributed by atoms with Crippen LogP contribution in [0, 0.1) is 6.92 Å². The van der Waals surface area contributed by atoms with Gasteiger partial charge in [0.05, 0.1) is 10.7 Å². The fourth-order valence-corrected chi connectivity index (χ4v) is 2.29. The molecule has 0 bridgehead atoms. The van der Waals surface area contributed by atoms with E-state index < -0.39 is 0 Å². The van der Waals surface area contributed by atoms with E-state index in [9.17, 15) is 0 Å². The number of halogens is 1. The number of rotatable bonds is 4. The van der Waals surface area contributed by atoms with E-state index in [4.69, 9.17) is 11.6 Å². The Kier molecular flexibility index (Phi) is 5.54. The van der Waals surface area contributed by atoms with Gasteiger partial charge in [-0.05, 0) is 31.2 Å². The predicted molar refractivity (Wildman–Crippen MR) is 104 cm³/mol. The summed E-state index contributed by atoms with van der Waals surface area (Å²) in [6.45, 7) is 2.04. The Balaban J connectivity index is 1.91. The standard InChI is InChI=1S/C20H17ClN4/c1-15-11-13-16(14-12-15)20(24-22-17-7-3-2-4-8-17)25-23-19-10-6-5-9-18(19)21/h2-14,22H,1H3/b24-20-,25-23+. The van der Waals surface area contributed by atoms with Gasteiger partial charge in [-0.15, -0.1) is 10.2 Å². The zero-order chi connectivity index (χ0) is 17.5. The fourth-order valence-electron chi connectivity index (χ4n) is 2.11. The number of nitrogens with one attached hydrogen (secondary N) is 1. The molecule has 0 fully saturated rings. The Bertz CT molecular complexity index is 887. The molecule has 0 saturated carbocycles. The highest BCUT2D eigenvalue weighted by Crippen LogP contribution is 2.24. The van der Waals surface area contributed by atoms with Crippen molar-refractivity contribution in [1.82, 2.24) is 0 Å². The average molecular weight is 349 g/mol. The topological polar surface area (TPSA) is 49.1 Å². The van der Waals surface area contributed by atoms with Crippen LogP contribution in [-0.4, -0.2) is 5.84 Å². The minimum atomic E-state index is 0.476. The van der Waals surface area contributed by atoms with Gasteiger partial charge in [-0.1, -0.05) is 71.8 Å². The van der Waals surface area contributed by atoms with Crippen LogP contribution < -0.4 is 5.43 Å². The minimum absolute atomic E-state index is 0.476. The minimum Gasteiger partial charge on any atom is -0.276 e. The highest BCUT2D eigenvalue weighted by molar-refractivity contribution is 6.32. The average Bonchev–Trinajstić information content (AvgIpc) is 2.65. The Morgan fingerprint density at radius 3 is 2.24 bits per heavy atom. The second kappa shape index (κ2) is 8.22. The smallest absolute Gasteiger partial charge is 0.201 e. The van der Waals surface area contributed by atoms with Crippen molar-refractivity contribution in [3.05, 3.63) is 95.0 Å². The molecule has 0 heterocycles. The summed E-state index contributed by atoms with van der Waals surface area (Å²) in [6, 6.07) is 25.0. The van der Waals surface area contributed by atoms with Gasteiger partial charge in [-0.25, -0.2) is 0 Å². The number of nitrogens with zero attached hydrogens (tertiary/aromatic N) is 3. The monoisotopic (exact) mass is 348 g/mol. The number of hydrogen-bond acceptors (Lipinski definition) is 3. The number of azo groups is 1. The van der Waals surface area contributed by atoms with Crippen molar-refractivity contribution in [3.8, 4) is 0 Å². The molecule has 0 amide bonds. The van der Waals surface area contributed by atoms with Gasteiger partial charge in [0.25, 0.3) is 0 Å². The van der Waals surface area contributed by atoms with Crippen LogP contribution in [0.2, 0.25) is 5.02 Å². The Labute approximate surface area is 151 Å². The molecular weight excluding hydrogens is 332 g/mol. The molecule has 4 nitrogen and oxygen atoms in total. The van der Waals surface area contributed by atoms with E-state index in [2.05, 4.69) is 20.8 Å². The van der Waals surface area contributed by atoms with Crippen LogP contribution in [0.1, 0.15) is 11.1 Å². The number of hydrazone groups is 1. The lowest BCUT2D eigenvalue weighted by atomic mass is 10.1. The summed E-state index contributed by atoms with van der Waals surface area (Å²) in [5.41, 5.74) is 6.52. The van der Waals surface area contributed by atoms with Crippen molar-refractivity contribution in [2.75, 3.05) is 5.43 Å². The van der Waals surface area contributed by atoms with Crippen LogP contribution in [-0.2, 0) is 0 Å². The van der Waals surface area contributed by atoms with Gasteiger partial charge in [0.2, 0.25) is 5.84 Å². The largest absolute Gasteiger partial charge is 0.276 e. The summed E-state index contributed by atoms with van der Waals surface area (Å²) in [4.78, 5) is 0. The molecule has 0 aliphatic rings. The first-order valence-corrected chi connectivity index (χ1v) is 8.22. The first-order valence-electron chi connectivity index (χ1n) is 7.84. The third-order valence-corrected chi connectivity index (χ3v) is 3.80. The molecule has 0 spiro atoms. The molecule has 0 radical (unpaired) electrons. The lowest BCUT2D eigenvalue weighted by Gasteiger charge is -2.04. The van der Waals surface area contributed by atoms with Crippen LogP contribution in [0.25, 0.3) is 0 Å². The lowest BCUT2D eigenvalue weighted by molar-refractivity contribution is 1.22. The van der Waals surface area contributed by atoms with E-state index in [1.165, 1.54) is 5.56 Å². The Morgan fingerprint density at radius 1 is 0.840 bits per heavy atom. The van der Waals surface area contributed by atoms with Crippen molar-refractivity contribution < 1.29 is 0 Å². The summed E-state index contributed by atoms with van der Waals surface area (Å²) in [7, 11) is 0. The lowest BCUT2D eigenvalue weighted by Crippen LogP contribution is -2.01. The molecule has 25 heavy (non-hydrogen) atoms. The highest BCUT2D eigenvalue weighted by atomic mass is 35.5. The van der Waals surface area contributed by atoms with Gasteiger partial charge in [-0.2, -0.15) is 5.10 Å². The van der Waals surface area contributed by atoms with Gasteiger partial charge in [-0.3, -0.25) is 5.43 Å². The van der Waals surface area contributed by atoms with Crippen molar-refractivity contribution in [1.29, 1.82) is 0 Å². The maximum atomic E-state index is 6.14. The quantitative estimate of drug-likeness (QED) is 0.259. The third-order valence-electron chi connectivity index (χ3n) is 3.48. The van der Waals surface area contributed by atoms with Gasteiger partial charge >= 0.3 is 0 Å². The van der Waals surface area contributed by atoms with E-state index in [-0.39, 0.29) is 0 Å². The molecule has 0 atom stereocenters. The zero-order valence-electron chi connectivity index (χ0n) is 13.7. The number of para-hydroxylation sites is 1. The molecular formula is C20H17ClN4. The summed E-state index contributed by atoms with van der Waals surface area (Å²) in [5, 5.41) is 13.5. The molecule has 0 saturated heterocycles. The van der Waals surface area contributed by atoms with E-state index in [1.807, 2.05) is 79.7 Å². The van der Waals surface area contributed by atoms with Gasteiger partial charge in [0.1, 0.15) is 5.69 Å². The molecule has 5 heteroatoms. The van der Waals surface area contributed by atoms with E-state index in [0.717, 1.165) is 11.3 Å². The van der Waals surface area contributed by atoms with E-state index in [1.54, 1.807) is 6.07 Å². The number of aryl methyl sites for hydroxylation is 1. The van der Waals surface area contributed by atoms with E-state index >= 15 is 0 Å². The van der Waals surface area contributed by atoms with Crippen molar-refractivity contribution in [2.45, 2.75) is 6.92 Å². The Hall–Kier alpha value is -2.98. The predicted octanol–water partition coefficient (Wildman–Crippen LogP) is 6.21. The van der Waals surface area contributed by atoms with Crippen LogP contribution in [0.3, 0.4) is 0 Å². The molecule has 0 unspecified atom stereocenters. The van der Waals surface area contributed by atoms with Crippen LogP contribution >= 0.6 is 11.6 Å². The summed E-state index contributed by atoms with van der Waals surface area (Å²) >= 11 is 6.14. The number of amidine groups is 1. The molecule has 124 valence electrons. The zero-order valence-corrected chi connectivity index (χ0v) is 14.5. The second-order valence-electron chi connectivity index (χ2n) is 5.43. The second-order valence-corrected chi connectivity index (χ2v) is 5.84. The van der Waals surface area contributed by atoms with Crippen LogP contribution in [0.5, 0.6) is 0 Å². The maximum absolute atomic E-state index is 6.14. The van der Waals surface area contributed by atoms with Crippen molar-refractivity contribution >= 4 is 28.8 Å². The van der Waals surface area contributed by atoms with Gasteiger partial charge in [0.15, 0.2) is 0 Å². The van der Waals surface area contributed by atoms with Crippen molar-refractivity contribution in [2.24, 2.45) is 15.3 Å². The summed E-state index contributed by atoms with van der Waals surface area (Å²) in [5.74, 6) is 0.476. The molecule has 3 aromatic carbocycles. The first-order chi connectivity index (χ1) is 12.2. The molecule has 1 N–H and O–H groups in total. The highest BCUT2D eigenvalue weighted by Gasteiger charge is 2.04. The summed E-state index contributed by atoms with van der Waals surface area (Å²) < 4.78 is 0.